The van der Waals surface area contributed by atoms with E-state index in [1.165, 1.54) is 19.2 Å². The summed E-state index contributed by atoms with van der Waals surface area (Å²) in [5.74, 6) is -0.718. The highest BCUT2D eigenvalue weighted by Crippen LogP contribution is 2.32. The zero-order chi connectivity index (χ0) is 13.7. The maximum atomic E-state index is 12.1. The van der Waals surface area contributed by atoms with Crippen molar-refractivity contribution in [2.45, 2.75) is 13.0 Å². The van der Waals surface area contributed by atoms with Gasteiger partial charge in [-0.1, -0.05) is 0 Å². The largest absolute Gasteiger partial charge is 0.469 e. The number of rotatable bonds is 4. The van der Waals surface area contributed by atoms with Crippen LogP contribution < -0.4 is 4.74 Å². The van der Waals surface area contributed by atoms with Gasteiger partial charge < -0.3 is 9.47 Å². The summed E-state index contributed by atoms with van der Waals surface area (Å²) >= 11 is 3.04. The van der Waals surface area contributed by atoms with E-state index in [-0.39, 0.29) is 27.8 Å². The molecule has 18 heavy (non-hydrogen) atoms. The van der Waals surface area contributed by atoms with Gasteiger partial charge in [0.2, 0.25) is 0 Å². The second kappa shape index (κ2) is 6.31. The molecule has 0 saturated carbocycles. The molecule has 0 spiro atoms. The zero-order valence-electron chi connectivity index (χ0n) is 9.25. The molecular weight excluding hydrogens is 312 g/mol. The fourth-order valence-electron chi connectivity index (χ4n) is 1.28. The van der Waals surface area contributed by atoms with Crippen molar-refractivity contribution >= 4 is 21.9 Å². The molecule has 0 N–H and O–H groups in total. The molecule has 96 valence electrons. The molecule has 0 saturated heterocycles. The number of esters is 1. The van der Waals surface area contributed by atoms with Gasteiger partial charge in [-0.25, -0.2) is 0 Å². The van der Waals surface area contributed by atoms with Gasteiger partial charge in [-0.3, -0.25) is 4.79 Å². The van der Waals surface area contributed by atoms with E-state index in [2.05, 4.69) is 25.4 Å². The van der Waals surface area contributed by atoms with Crippen molar-refractivity contribution in [3.8, 4) is 11.8 Å². The van der Waals surface area contributed by atoms with E-state index in [4.69, 9.17) is 5.26 Å². The lowest BCUT2D eigenvalue weighted by atomic mass is 10.1. The average molecular weight is 320 g/mol. The second-order valence-electron chi connectivity index (χ2n) is 3.15. The molecule has 0 heterocycles. The van der Waals surface area contributed by atoms with E-state index in [1.54, 1.807) is 0 Å². The highest BCUT2D eigenvalue weighted by atomic mass is 79.9. The number of halogens is 3. The van der Waals surface area contributed by atoms with Crippen molar-refractivity contribution < 1.29 is 23.0 Å². The Morgan fingerprint density at radius 3 is 2.72 bits per heavy atom. The number of hydrogen-bond donors (Lipinski definition) is 0. The Morgan fingerprint density at radius 2 is 2.22 bits per heavy atom. The molecule has 0 fully saturated rings. The molecule has 1 aromatic rings. The minimum atomic E-state index is -2.99. The number of nitriles is 1. The second-order valence-corrected chi connectivity index (χ2v) is 3.94. The summed E-state index contributed by atoms with van der Waals surface area (Å²) in [6, 6.07) is 4.40. The number of ether oxygens (including phenoxy) is 2. The van der Waals surface area contributed by atoms with E-state index in [0.29, 0.717) is 0 Å². The fourth-order valence-corrected chi connectivity index (χ4v) is 1.86. The molecule has 1 aromatic carbocycles. The molecule has 0 aromatic heterocycles. The Labute approximate surface area is 110 Å². The lowest BCUT2D eigenvalue weighted by molar-refractivity contribution is -0.139. The summed E-state index contributed by atoms with van der Waals surface area (Å²) in [5.41, 5.74) is 0.441. The smallest absolute Gasteiger partial charge is 0.387 e. The van der Waals surface area contributed by atoms with Crippen molar-refractivity contribution in [2.75, 3.05) is 7.11 Å². The highest BCUT2D eigenvalue weighted by molar-refractivity contribution is 9.10. The van der Waals surface area contributed by atoms with E-state index in [0.717, 1.165) is 0 Å². The SMILES string of the molecule is COC(=O)Cc1c(C#N)ccc(OC(F)F)c1Br. The molecule has 0 radical (unpaired) electrons. The van der Waals surface area contributed by atoms with Crippen molar-refractivity contribution in [3.63, 3.8) is 0 Å². The third-order valence-electron chi connectivity index (χ3n) is 2.09. The Kier molecular flexibility index (Phi) is 5.04. The summed E-state index contributed by atoms with van der Waals surface area (Å²) in [6.45, 7) is -2.99. The van der Waals surface area contributed by atoms with Crippen LogP contribution in [0.5, 0.6) is 5.75 Å². The van der Waals surface area contributed by atoms with Gasteiger partial charge in [-0.05, 0) is 33.6 Å². The lowest BCUT2D eigenvalue weighted by Crippen LogP contribution is -2.09. The third kappa shape index (κ3) is 3.40. The summed E-state index contributed by atoms with van der Waals surface area (Å²) in [6.07, 6.45) is -0.208. The van der Waals surface area contributed by atoms with Gasteiger partial charge in [0.15, 0.2) is 0 Å². The Balaban J connectivity index is 3.19. The summed E-state index contributed by atoms with van der Waals surface area (Å²) < 4.78 is 33.2. The first-order valence-electron chi connectivity index (χ1n) is 4.72. The monoisotopic (exact) mass is 319 g/mol. The summed E-state index contributed by atoms with van der Waals surface area (Å²) in [5, 5.41) is 8.89. The molecule has 1 rings (SSSR count). The number of alkyl halides is 2. The van der Waals surface area contributed by atoms with Crippen LogP contribution in [0.1, 0.15) is 11.1 Å². The molecule has 0 unspecified atom stereocenters. The van der Waals surface area contributed by atoms with Gasteiger partial charge in [0.1, 0.15) is 5.75 Å². The van der Waals surface area contributed by atoms with E-state index >= 15 is 0 Å². The van der Waals surface area contributed by atoms with Gasteiger partial charge in [0.25, 0.3) is 0 Å². The fraction of sp³-hybridized carbons (Fsp3) is 0.273. The van der Waals surface area contributed by atoms with Crippen molar-refractivity contribution in [1.29, 1.82) is 5.26 Å². The number of nitrogens with zero attached hydrogens (tertiary/aromatic N) is 1. The van der Waals surface area contributed by atoms with Crippen LogP contribution in [-0.2, 0) is 16.0 Å². The highest BCUT2D eigenvalue weighted by Gasteiger charge is 2.17. The lowest BCUT2D eigenvalue weighted by Gasteiger charge is -2.11. The molecule has 0 aliphatic heterocycles. The standard InChI is InChI=1S/C11H8BrF2NO3/c1-17-9(16)4-7-6(5-15)2-3-8(10(7)12)18-11(13)14/h2-3,11H,4H2,1H3. The maximum Gasteiger partial charge on any atom is 0.387 e. The average Bonchev–Trinajstić information content (AvgIpc) is 2.33. The zero-order valence-corrected chi connectivity index (χ0v) is 10.8. The molecule has 7 heteroatoms. The van der Waals surface area contributed by atoms with E-state index in [9.17, 15) is 13.6 Å². The van der Waals surface area contributed by atoms with Gasteiger partial charge in [-0.15, -0.1) is 0 Å². The van der Waals surface area contributed by atoms with Crippen LogP contribution in [0.3, 0.4) is 0 Å². The number of benzene rings is 1. The van der Waals surface area contributed by atoms with Crippen molar-refractivity contribution in [2.24, 2.45) is 0 Å². The van der Waals surface area contributed by atoms with Crippen LogP contribution in [0.4, 0.5) is 8.78 Å². The molecular formula is C11H8BrF2NO3. The van der Waals surface area contributed by atoms with Gasteiger partial charge in [-0.2, -0.15) is 14.0 Å². The van der Waals surface area contributed by atoms with Crippen LogP contribution in [-0.4, -0.2) is 19.7 Å². The van der Waals surface area contributed by atoms with Crippen LogP contribution in [0.25, 0.3) is 0 Å². The minimum absolute atomic E-state index is 0.136. The number of carbonyl (C=O) groups excluding carboxylic acids is 1. The Bertz CT molecular complexity index is 500. The third-order valence-corrected chi connectivity index (χ3v) is 2.96. The van der Waals surface area contributed by atoms with Crippen LogP contribution in [0, 0.1) is 11.3 Å². The van der Waals surface area contributed by atoms with Gasteiger partial charge in [0, 0.05) is 0 Å². The van der Waals surface area contributed by atoms with Crippen LogP contribution >= 0.6 is 15.9 Å². The maximum absolute atomic E-state index is 12.1. The first-order valence-corrected chi connectivity index (χ1v) is 5.52. The van der Waals surface area contributed by atoms with Gasteiger partial charge >= 0.3 is 12.6 Å². The van der Waals surface area contributed by atoms with Crippen LogP contribution in [0.2, 0.25) is 0 Å². The number of methoxy groups -OCH3 is 1. The number of carbonyl (C=O) groups is 1. The normalized spacial score (nSPS) is 10.0. The van der Waals surface area contributed by atoms with Crippen molar-refractivity contribution in [3.05, 3.63) is 27.7 Å². The van der Waals surface area contributed by atoms with E-state index < -0.39 is 12.6 Å². The van der Waals surface area contributed by atoms with Gasteiger partial charge in [0.05, 0.1) is 29.6 Å². The first-order chi connectivity index (χ1) is 8.49. The molecule has 0 bridgehead atoms. The number of hydrogen-bond acceptors (Lipinski definition) is 4. The minimum Gasteiger partial charge on any atom is -0.469 e. The quantitative estimate of drug-likeness (QED) is 0.800. The van der Waals surface area contributed by atoms with E-state index in [1.807, 2.05) is 6.07 Å². The molecule has 0 atom stereocenters. The molecule has 4 nitrogen and oxygen atoms in total. The predicted molar refractivity (Wildman–Crippen MR) is 61.2 cm³/mol. The predicted octanol–water partition coefficient (Wildman–Crippen LogP) is 2.64. The Morgan fingerprint density at radius 1 is 1.56 bits per heavy atom. The first kappa shape index (κ1) is 14.4. The topological polar surface area (TPSA) is 59.3 Å². The Hall–Kier alpha value is -1.68. The summed E-state index contributed by atoms with van der Waals surface area (Å²) in [7, 11) is 1.20. The summed E-state index contributed by atoms with van der Waals surface area (Å²) in [4.78, 5) is 11.2. The molecule has 0 aliphatic carbocycles. The molecule has 0 amide bonds. The van der Waals surface area contributed by atoms with Crippen LogP contribution in [0.15, 0.2) is 16.6 Å². The molecule has 0 aliphatic rings. The van der Waals surface area contributed by atoms with Crippen molar-refractivity contribution in [1.82, 2.24) is 0 Å².